The van der Waals surface area contributed by atoms with Crippen LogP contribution in [0.1, 0.15) is 30.4 Å². The third kappa shape index (κ3) is 1.83. The monoisotopic (exact) mass is 300 g/mol. The van der Waals surface area contributed by atoms with Crippen LogP contribution in [0.2, 0.25) is 0 Å². The Labute approximate surface area is 137 Å². The third-order valence-corrected chi connectivity index (χ3v) is 6.28. The van der Waals surface area contributed by atoms with E-state index in [1.54, 1.807) is 0 Å². The second-order valence-electron chi connectivity index (χ2n) is 7.42. The van der Waals surface area contributed by atoms with Crippen LogP contribution in [0, 0.1) is 11.3 Å². The topological polar surface area (TPSA) is 17.1 Å². The van der Waals surface area contributed by atoms with E-state index in [0.29, 0.717) is 18.1 Å². The first-order valence-corrected chi connectivity index (χ1v) is 8.64. The highest BCUT2D eigenvalue weighted by Gasteiger charge is 2.53. The van der Waals surface area contributed by atoms with E-state index in [1.807, 2.05) is 0 Å². The van der Waals surface area contributed by atoms with Gasteiger partial charge in [0.15, 0.2) is 0 Å². The SMILES string of the molecule is O=C1Cc2cccc(-c3ccccc3)c2CC12CC1=CCC2C1. The summed E-state index contributed by atoms with van der Waals surface area (Å²) in [5.74, 6) is 1.05. The second kappa shape index (κ2) is 4.67. The molecule has 5 rings (SSSR count). The summed E-state index contributed by atoms with van der Waals surface area (Å²) in [7, 11) is 0. The fourth-order valence-corrected chi connectivity index (χ4v) is 5.10. The summed E-state index contributed by atoms with van der Waals surface area (Å²) < 4.78 is 0. The van der Waals surface area contributed by atoms with Gasteiger partial charge in [-0.15, -0.1) is 0 Å². The maximum Gasteiger partial charge on any atom is 0.144 e. The lowest BCUT2D eigenvalue weighted by molar-refractivity contribution is -0.131. The summed E-state index contributed by atoms with van der Waals surface area (Å²) in [4.78, 5) is 13.0. The number of ketones is 1. The number of rotatable bonds is 1. The van der Waals surface area contributed by atoms with E-state index >= 15 is 0 Å². The van der Waals surface area contributed by atoms with Crippen molar-refractivity contribution in [3.05, 3.63) is 71.3 Å². The number of benzene rings is 2. The van der Waals surface area contributed by atoms with Crippen LogP contribution in [-0.2, 0) is 17.6 Å². The molecule has 2 bridgehead atoms. The molecule has 114 valence electrons. The van der Waals surface area contributed by atoms with Crippen molar-refractivity contribution < 1.29 is 4.79 Å². The number of carbonyl (C=O) groups excluding carboxylic acids is 1. The minimum atomic E-state index is -0.0953. The molecule has 23 heavy (non-hydrogen) atoms. The molecule has 0 aromatic heterocycles. The Bertz CT molecular complexity index is 830. The lowest BCUT2D eigenvalue weighted by Gasteiger charge is -2.39. The van der Waals surface area contributed by atoms with E-state index in [9.17, 15) is 4.79 Å². The molecule has 1 fully saturated rings. The van der Waals surface area contributed by atoms with E-state index in [0.717, 1.165) is 25.7 Å². The maximum absolute atomic E-state index is 13.0. The minimum Gasteiger partial charge on any atom is -0.299 e. The molecule has 2 atom stereocenters. The van der Waals surface area contributed by atoms with Crippen LogP contribution in [0.25, 0.3) is 11.1 Å². The van der Waals surface area contributed by atoms with Crippen molar-refractivity contribution in [1.82, 2.24) is 0 Å². The largest absolute Gasteiger partial charge is 0.299 e. The van der Waals surface area contributed by atoms with Crippen molar-refractivity contribution in [3.63, 3.8) is 0 Å². The van der Waals surface area contributed by atoms with E-state index in [2.05, 4.69) is 54.6 Å². The molecule has 1 heteroatoms. The van der Waals surface area contributed by atoms with Crippen LogP contribution in [0.5, 0.6) is 0 Å². The number of allylic oxidation sites excluding steroid dienone is 2. The van der Waals surface area contributed by atoms with Gasteiger partial charge >= 0.3 is 0 Å². The summed E-state index contributed by atoms with van der Waals surface area (Å²) in [5.41, 5.74) is 6.71. The molecule has 0 heterocycles. The summed E-state index contributed by atoms with van der Waals surface area (Å²) in [5, 5.41) is 0. The fraction of sp³-hybridized carbons (Fsp3) is 0.318. The van der Waals surface area contributed by atoms with Crippen molar-refractivity contribution in [2.45, 2.75) is 32.1 Å². The number of Topliss-reactive ketones (excluding diaryl/α,β-unsaturated/α-hetero) is 1. The lowest BCUT2D eigenvalue weighted by Crippen LogP contribution is -2.42. The number of carbonyl (C=O) groups is 1. The number of hydrogen-bond acceptors (Lipinski definition) is 1. The van der Waals surface area contributed by atoms with Crippen molar-refractivity contribution >= 4 is 5.78 Å². The Morgan fingerprint density at radius 2 is 1.83 bits per heavy atom. The third-order valence-electron chi connectivity index (χ3n) is 6.28. The first-order valence-electron chi connectivity index (χ1n) is 8.64. The van der Waals surface area contributed by atoms with Crippen molar-refractivity contribution in [2.75, 3.05) is 0 Å². The molecule has 2 aromatic carbocycles. The van der Waals surface area contributed by atoms with Crippen LogP contribution in [0.15, 0.2) is 60.2 Å². The highest BCUT2D eigenvalue weighted by molar-refractivity contribution is 5.92. The number of hydrogen-bond donors (Lipinski definition) is 0. The Balaban J connectivity index is 1.65. The zero-order chi connectivity index (χ0) is 15.4. The minimum absolute atomic E-state index is 0.0953. The van der Waals surface area contributed by atoms with Crippen LogP contribution in [0.4, 0.5) is 0 Å². The Kier molecular flexibility index (Phi) is 2.70. The molecule has 0 amide bonds. The summed E-state index contributed by atoms with van der Waals surface area (Å²) in [6.07, 6.45) is 7.23. The highest BCUT2D eigenvalue weighted by atomic mass is 16.1. The molecule has 3 aliphatic carbocycles. The van der Waals surface area contributed by atoms with Gasteiger partial charge in [0.2, 0.25) is 0 Å². The van der Waals surface area contributed by atoms with Gasteiger partial charge in [-0.05, 0) is 53.9 Å². The molecule has 2 aromatic rings. The molecule has 1 nitrogen and oxygen atoms in total. The van der Waals surface area contributed by atoms with E-state index < -0.39 is 0 Å². The molecule has 0 aliphatic heterocycles. The number of fused-ring (bicyclic) bond motifs is 4. The molecule has 1 saturated carbocycles. The summed E-state index contributed by atoms with van der Waals surface area (Å²) in [6.45, 7) is 0. The smallest absolute Gasteiger partial charge is 0.144 e. The maximum atomic E-state index is 13.0. The van der Waals surface area contributed by atoms with Gasteiger partial charge < -0.3 is 0 Å². The average molecular weight is 300 g/mol. The molecular formula is C22H20O. The van der Waals surface area contributed by atoms with Gasteiger partial charge in [0.05, 0.1) is 0 Å². The second-order valence-corrected chi connectivity index (χ2v) is 7.42. The van der Waals surface area contributed by atoms with E-state index in [4.69, 9.17) is 0 Å². The van der Waals surface area contributed by atoms with Crippen LogP contribution in [-0.4, -0.2) is 5.78 Å². The molecule has 0 N–H and O–H groups in total. The van der Waals surface area contributed by atoms with Gasteiger partial charge in [0.25, 0.3) is 0 Å². The van der Waals surface area contributed by atoms with Crippen molar-refractivity contribution in [1.29, 1.82) is 0 Å². The van der Waals surface area contributed by atoms with Gasteiger partial charge in [-0.3, -0.25) is 4.79 Å². The standard InChI is InChI=1S/C22H20O/c23-21-12-17-7-4-8-19(16-5-2-1-3-6-16)20(17)14-22(21)13-15-9-10-18(22)11-15/h1-9,18H,10-14H2. The Morgan fingerprint density at radius 1 is 0.957 bits per heavy atom. The molecule has 1 spiro atoms. The zero-order valence-electron chi connectivity index (χ0n) is 13.2. The Hall–Kier alpha value is -2.15. The predicted octanol–water partition coefficient (Wildman–Crippen LogP) is 4.75. The summed E-state index contributed by atoms with van der Waals surface area (Å²) in [6, 6.07) is 17.1. The Morgan fingerprint density at radius 3 is 2.57 bits per heavy atom. The van der Waals surface area contributed by atoms with Gasteiger partial charge in [0, 0.05) is 11.8 Å². The van der Waals surface area contributed by atoms with Crippen LogP contribution >= 0.6 is 0 Å². The molecule has 0 radical (unpaired) electrons. The fourth-order valence-electron chi connectivity index (χ4n) is 5.10. The molecule has 2 unspecified atom stereocenters. The van der Waals surface area contributed by atoms with E-state index in [-0.39, 0.29) is 5.41 Å². The zero-order valence-corrected chi connectivity index (χ0v) is 13.2. The predicted molar refractivity (Wildman–Crippen MR) is 92.2 cm³/mol. The first kappa shape index (κ1) is 13.3. The van der Waals surface area contributed by atoms with Crippen LogP contribution in [0.3, 0.4) is 0 Å². The van der Waals surface area contributed by atoms with Crippen molar-refractivity contribution in [2.24, 2.45) is 11.3 Å². The van der Waals surface area contributed by atoms with Gasteiger partial charge in [0.1, 0.15) is 5.78 Å². The van der Waals surface area contributed by atoms with Crippen molar-refractivity contribution in [3.8, 4) is 11.1 Å². The van der Waals surface area contributed by atoms with Gasteiger partial charge in [-0.2, -0.15) is 0 Å². The molecular weight excluding hydrogens is 280 g/mol. The quantitative estimate of drug-likeness (QED) is 0.695. The molecule has 3 aliphatic rings. The van der Waals surface area contributed by atoms with Gasteiger partial charge in [-0.25, -0.2) is 0 Å². The van der Waals surface area contributed by atoms with E-state index in [1.165, 1.54) is 27.8 Å². The highest BCUT2D eigenvalue weighted by Crippen LogP contribution is 2.57. The normalized spacial score (nSPS) is 28.1. The first-order chi connectivity index (χ1) is 11.3. The molecule has 0 saturated heterocycles. The summed E-state index contributed by atoms with van der Waals surface area (Å²) >= 11 is 0. The van der Waals surface area contributed by atoms with Crippen LogP contribution < -0.4 is 0 Å². The van der Waals surface area contributed by atoms with Gasteiger partial charge in [-0.1, -0.05) is 60.2 Å². The lowest BCUT2D eigenvalue weighted by atomic mass is 9.62. The average Bonchev–Trinajstić information content (AvgIpc) is 3.18.